The van der Waals surface area contributed by atoms with Crippen LogP contribution in [0.2, 0.25) is 0 Å². The molecule has 1 aliphatic carbocycles. The number of nitrogens with one attached hydrogen (secondary N) is 3. The molecule has 1 saturated carbocycles. The molecule has 0 bridgehead atoms. The first-order valence-electron chi connectivity index (χ1n) is 11.8. The molecule has 3 fully saturated rings. The molecule has 3 N–H and O–H groups in total. The van der Waals surface area contributed by atoms with Gasteiger partial charge in [-0.15, -0.1) is 0 Å². The summed E-state index contributed by atoms with van der Waals surface area (Å²) in [6.45, 7) is 6.23. The van der Waals surface area contributed by atoms with Crippen LogP contribution in [0.3, 0.4) is 0 Å². The van der Waals surface area contributed by atoms with Gasteiger partial charge >= 0.3 is 6.03 Å². The lowest BCUT2D eigenvalue weighted by Crippen LogP contribution is -2.63. The van der Waals surface area contributed by atoms with Gasteiger partial charge in [-0.25, -0.2) is 4.79 Å². The SMILES string of the molecule is CC(C)NC(=O)N[C@H]1C[C@H]2CN(CCc3ccccc3)[C@@H](CNC(=O)C3CC3)C(=O)N2C1. The molecule has 174 valence electrons. The number of rotatable bonds is 8. The Morgan fingerprint density at radius 3 is 2.56 bits per heavy atom. The van der Waals surface area contributed by atoms with Crippen molar-refractivity contribution in [3.8, 4) is 0 Å². The van der Waals surface area contributed by atoms with Crippen LogP contribution in [-0.4, -0.2) is 78.0 Å². The molecule has 1 aromatic carbocycles. The Hall–Kier alpha value is -2.61. The topological polar surface area (TPSA) is 93.8 Å². The predicted octanol–water partition coefficient (Wildman–Crippen LogP) is 1.12. The van der Waals surface area contributed by atoms with Crippen molar-refractivity contribution in [1.29, 1.82) is 0 Å². The Bertz CT molecular complexity index is 826. The Morgan fingerprint density at radius 2 is 1.88 bits per heavy atom. The van der Waals surface area contributed by atoms with Crippen molar-refractivity contribution in [3.63, 3.8) is 0 Å². The molecule has 0 radical (unpaired) electrons. The van der Waals surface area contributed by atoms with E-state index in [1.165, 1.54) is 5.56 Å². The van der Waals surface area contributed by atoms with Gasteiger partial charge in [-0.2, -0.15) is 0 Å². The fraction of sp³-hybridized carbons (Fsp3) is 0.625. The number of benzene rings is 1. The van der Waals surface area contributed by atoms with E-state index in [1.54, 1.807) is 0 Å². The molecule has 4 rings (SSSR count). The van der Waals surface area contributed by atoms with Crippen molar-refractivity contribution < 1.29 is 14.4 Å². The highest BCUT2D eigenvalue weighted by molar-refractivity contribution is 5.86. The number of nitrogens with zero attached hydrogens (tertiary/aromatic N) is 2. The quantitative estimate of drug-likeness (QED) is 0.564. The molecule has 2 heterocycles. The smallest absolute Gasteiger partial charge is 0.315 e. The van der Waals surface area contributed by atoms with Crippen LogP contribution >= 0.6 is 0 Å². The molecule has 3 aliphatic rings. The molecule has 8 heteroatoms. The van der Waals surface area contributed by atoms with Crippen LogP contribution in [-0.2, 0) is 16.0 Å². The van der Waals surface area contributed by atoms with E-state index in [0.717, 1.165) is 38.8 Å². The first-order valence-corrected chi connectivity index (χ1v) is 11.8. The van der Waals surface area contributed by atoms with Crippen LogP contribution < -0.4 is 16.0 Å². The normalized spacial score (nSPS) is 25.5. The maximum absolute atomic E-state index is 13.4. The van der Waals surface area contributed by atoms with Gasteiger partial charge in [0.1, 0.15) is 6.04 Å². The molecule has 2 saturated heterocycles. The lowest BCUT2D eigenvalue weighted by molar-refractivity contribution is -0.143. The van der Waals surface area contributed by atoms with Gasteiger partial charge in [0.25, 0.3) is 0 Å². The van der Waals surface area contributed by atoms with Gasteiger partial charge in [-0.05, 0) is 45.1 Å². The molecule has 8 nitrogen and oxygen atoms in total. The fourth-order valence-electron chi connectivity index (χ4n) is 4.77. The lowest BCUT2D eigenvalue weighted by Gasteiger charge is -2.43. The van der Waals surface area contributed by atoms with Crippen molar-refractivity contribution >= 4 is 17.8 Å². The summed E-state index contributed by atoms with van der Waals surface area (Å²) >= 11 is 0. The zero-order chi connectivity index (χ0) is 22.7. The maximum Gasteiger partial charge on any atom is 0.315 e. The molecular formula is C24H35N5O3. The molecule has 0 spiro atoms. The number of amides is 4. The molecule has 0 aromatic heterocycles. The Balaban J connectivity index is 1.41. The number of hydrogen-bond acceptors (Lipinski definition) is 4. The lowest BCUT2D eigenvalue weighted by atomic mass is 10.0. The van der Waals surface area contributed by atoms with Gasteiger partial charge in [-0.3, -0.25) is 14.5 Å². The number of hydrogen-bond donors (Lipinski definition) is 3. The highest BCUT2D eigenvalue weighted by atomic mass is 16.2. The second kappa shape index (κ2) is 9.90. The van der Waals surface area contributed by atoms with Gasteiger partial charge in [0.15, 0.2) is 0 Å². The van der Waals surface area contributed by atoms with E-state index >= 15 is 0 Å². The minimum absolute atomic E-state index is 0.0546. The first-order chi connectivity index (χ1) is 15.4. The van der Waals surface area contributed by atoms with Crippen molar-refractivity contribution in [3.05, 3.63) is 35.9 Å². The van der Waals surface area contributed by atoms with Gasteiger partial charge < -0.3 is 20.9 Å². The van der Waals surface area contributed by atoms with Crippen LogP contribution in [0.25, 0.3) is 0 Å². The van der Waals surface area contributed by atoms with Crippen LogP contribution in [0.5, 0.6) is 0 Å². The number of urea groups is 1. The van der Waals surface area contributed by atoms with E-state index in [1.807, 2.05) is 36.9 Å². The fourth-order valence-corrected chi connectivity index (χ4v) is 4.77. The van der Waals surface area contributed by atoms with Crippen molar-refractivity contribution in [2.45, 2.75) is 63.7 Å². The second-order valence-corrected chi connectivity index (χ2v) is 9.62. The highest BCUT2D eigenvalue weighted by Gasteiger charge is 2.45. The largest absolute Gasteiger partial charge is 0.354 e. The summed E-state index contributed by atoms with van der Waals surface area (Å²) in [5.41, 5.74) is 1.24. The molecule has 2 aliphatic heterocycles. The van der Waals surface area contributed by atoms with E-state index in [0.29, 0.717) is 13.1 Å². The van der Waals surface area contributed by atoms with Crippen molar-refractivity contribution in [1.82, 2.24) is 25.8 Å². The minimum Gasteiger partial charge on any atom is -0.354 e. The van der Waals surface area contributed by atoms with Gasteiger partial charge in [0, 0.05) is 44.2 Å². The van der Waals surface area contributed by atoms with E-state index in [-0.39, 0.29) is 47.9 Å². The van der Waals surface area contributed by atoms with E-state index in [9.17, 15) is 14.4 Å². The monoisotopic (exact) mass is 441 g/mol. The summed E-state index contributed by atoms with van der Waals surface area (Å²) < 4.78 is 0. The van der Waals surface area contributed by atoms with E-state index in [2.05, 4.69) is 33.0 Å². The summed E-state index contributed by atoms with van der Waals surface area (Å²) in [4.78, 5) is 41.9. The number of carbonyl (C=O) groups is 3. The predicted molar refractivity (Wildman–Crippen MR) is 122 cm³/mol. The van der Waals surface area contributed by atoms with Gasteiger partial charge in [0.2, 0.25) is 11.8 Å². The van der Waals surface area contributed by atoms with Crippen LogP contribution in [0, 0.1) is 5.92 Å². The Labute approximate surface area is 190 Å². The zero-order valence-electron chi connectivity index (χ0n) is 19.0. The number of fused-ring (bicyclic) bond motifs is 1. The third-order valence-electron chi connectivity index (χ3n) is 6.57. The molecule has 1 aromatic rings. The van der Waals surface area contributed by atoms with Gasteiger partial charge in [-0.1, -0.05) is 30.3 Å². The summed E-state index contributed by atoms with van der Waals surface area (Å²) in [7, 11) is 0. The molecule has 4 amide bonds. The number of piperazine rings is 1. The summed E-state index contributed by atoms with van der Waals surface area (Å²) in [6, 6.07) is 9.80. The third kappa shape index (κ3) is 5.59. The second-order valence-electron chi connectivity index (χ2n) is 9.62. The molecule has 32 heavy (non-hydrogen) atoms. The van der Waals surface area contributed by atoms with Crippen LogP contribution in [0.15, 0.2) is 30.3 Å². The minimum atomic E-state index is -0.360. The van der Waals surface area contributed by atoms with Crippen molar-refractivity contribution in [2.24, 2.45) is 5.92 Å². The summed E-state index contributed by atoms with van der Waals surface area (Å²) in [5.74, 6) is 0.243. The molecular weight excluding hydrogens is 406 g/mol. The Morgan fingerprint density at radius 1 is 1.12 bits per heavy atom. The average Bonchev–Trinajstić information content (AvgIpc) is 3.53. The average molecular weight is 442 g/mol. The van der Waals surface area contributed by atoms with Crippen molar-refractivity contribution in [2.75, 3.05) is 26.2 Å². The van der Waals surface area contributed by atoms with Crippen LogP contribution in [0.4, 0.5) is 4.79 Å². The highest BCUT2D eigenvalue weighted by Crippen LogP contribution is 2.29. The Kier molecular flexibility index (Phi) is 6.98. The summed E-state index contributed by atoms with van der Waals surface area (Å²) in [5, 5.41) is 8.88. The zero-order valence-corrected chi connectivity index (χ0v) is 19.0. The van der Waals surface area contributed by atoms with E-state index in [4.69, 9.17) is 0 Å². The maximum atomic E-state index is 13.4. The van der Waals surface area contributed by atoms with E-state index < -0.39 is 0 Å². The molecule has 3 atom stereocenters. The van der Waals surface area contributed by atoms with Gasteiger partial charge in [0.05, 0.1) is 6.04 Å². The summed E-state index contributed by atoms with van der Waals surface area (Å²) in [6.07, 6.45) is 3.50. The molecule has 0 unspecified atom stereocenters. The number of carbonyl (C=O) groups excluding carboxylic acids is 3. The third-order valence-corrected chi connectivity index (χ3v) is 6.57. The first kappa shape index (κ1) is 22.6. The standard InChI is InChI=1S/C24H35N5O3/c1-16(2)26-24(32)27-19-12-20-15-28(11-10-17-6-4-3-5-7-17)21(23(31)29(20)14-19)13-25-22(30)18-8-9-18/h3-7,16,18-21H,8-15H2,1-2H3,(H,25,30)(H2,26,27,32)/t19-,20-,21-/m0/s1. The van der Waals surface area contributed by atoms with Crippen LogP contribution in [0.1, 0.15) is 38.7 Å².